The van der Waals surface area contributed by atoms with Gasteiger partial charge in [-0.25, -0.2) is 0 Å². The number of nitrogens with zero attached hydrogens (tertiary/aromatic N) is 2. The number of amides is 2. The highest BCUT2D eigenvalue weighted by Gasteiger charge is 2.33. The maximum absolute atomic E-state index is 13.1. The molecule has 0 radical (unpaired) electrons. The van der Waals surface area contributed by atoms with Crippen molar-refractivity contribution in [2.24, 2.45) is 0 Å². The molecular formula is C17H14F3N3O3. The number of carbonyl (C=O) groups is 2. The first-order valence-corrected chi connectivity index (χ1v) is 7.61. The van der Waals surface area contributed by atoms with Gasteiger partial charge in [0.1, 0.15) is 5.70 Å². The van der Waals surface area contributed by atoms with Crippen molar-refractivity contribution < 1.29 is 27.9 Å². The van der Waals surface area contributed by atoms with Gasteiger partial charge in [0.05, 0.1) is 30.1 Å². The summed E-state index contributed by atoms with van der Waals surface area (Å²) in [5, 5.41) is 11.5. The van der Waals surface area contributed by atoms with Crippen molar-refractivity contribution in [3.8, 4) is 5.69 Å². The van der Waals surface area contributed by atoms with Gasteiger partial charge in [0, 0.05) is 18.5 Å². The van der Waals surface area contributed by atoms with Gasteiger partial charge in [0.2, 0.25) is 0 Å². The number of alkyl halides is 3. The van der Waals surface area contributed by atoms with Crippen LogP contribution in [0.3, 0.4) is 0 Å². The summed E-state index contributed by atoms with van der Waals surface area (Å²) < 4.78 is 40.7. The van der Waals surface area contributed by atoms with E-state index in [0.717, 1.165) is 23.1 Å². The predicted molar refractivity (Wildman–Crippen MR) is 86.3 cm³/mol. The van der Waals surface area contributed by atoms with Crippen molar-refractivity contribution in [1.82, 2.24) is 9.47 Å². The number of nitrogens with one attached hydrogen (secondary N) is 1. The number of carbonyl (C=O) groups excluding carboxylic acids is 2. The molecule has 0 spiro atoms. The number of imide groups is 1. The van der Waals surface area contributed by atoms with Crippen molar-refractivity contribution in [1.29, 1.82) is 0 Å². The van der Waals surface area contributed by atoms with E-state index in [9.17, 15) is 22.8 Å². The first kappa shape index (κ1) is 17.7. The fourth-order valence-electron chi connectivity index (χ4n) is 2.59. The van der Waals surface area contributed by atoms with Crippen molar-refractivity contribution >= 4 is 17.5 Å². The van der Waals surface area contributed by atoms with E-state index in [-0.39, 0.29) is 17.9 Å². The molecule has 0 bridgehead atoms. The molecule has 2 aromatic rings. The molecule has 1 aromatic heterocycles. The van der Waals surface area contributed by atoms with Crippen LogP contribution >= 0.6 is 0 Å². The second-order valence-corrected chi connectivity index (χ2v) is 5.52. The predicted octanol–water partition coefficient (Wildman–Crippen LogP) is 2.15. The fraction of sp³-hybridized carbons (Fsp3) is 0.176. The molecule has 9 heteroatoms. The minimum atomic E-state index is -4.56. The maximum Gasteiger partial charge on any atom is 0.416 e. The van der Waals surface area contributed by atoms with Crippen LogP contribution in [0.1, 0.15) is 5.56 Å². The molecule has 6 nitrogen and oxygen atoms in total. The lowest BCUT2D eigenvalue weighted by Gasteiger charge is -2.17. The third kappa shape index (κ3) is 3.33. The molecule has 2 heterocycles. The number of hydrogen-bond donors (Lipinski definition) is 2. The Bertz CT molecular complexity index is 873. The monoisotopic (exact) mass is 365 g/mol. The summed E-state index contributed by atoms with van der Waals surface area (Å²) in [6.45, 7) is -0.594. The zero-order valence-electron chi connectivity index (χ0n) is 13.3. The molecule has 2 amide bonds. The summed E-state index contributed by atoms with van der Waals surface area (Å²) in [5.41, 5.74) is -0.643. The highest BCUT2D eigenvalue weighted by molar-refractivity contribution is 6.17. The van der Waals surface area contributed by atoms with Gasteiger partial charge >= 0.3 is 6.18 Å². The first-order valence-electron chi connectivity index (χ1n) is 7.61. The zero-order chi connectivity index (χ0) is 18.9. The maximum atomic E-state index is 13.1. The minimum absolute atomic E-state index is 0.0225. The quantitative estimate of drug-likeness (QED) is 0.797. The van der Waals surface area contributed by atoms with Gasteiger partial charge in [-0.05, 0) is 30.3 Å². The smallest absolute Gasteiger partial charge is 0.395 e. The van der Waals surface area contributed by atoms with E-state index in [1.807, 2.05) is 0 Å². The summed E-state index contributed by atoms with van der Waals surface area (Å²) in [5.74, 6) is -1.35. The van der Waals surface area contributed by atoms with Gasteiger partial charge in [-0.1, -0.05) is 0 Å². The van der Waals surface area contributed by atoms with Crippen LogP contribution in [0.25, 0.3) is 5.69 Å². The van der Waals surface area contributed by atoms with E-state index in [2.05, 4.69) is 5.32 Å². The van der Waals surface area contributed by atoms with E-state index in [1.54, 1.807) is 29.1 Å². The lowest BCUT2D eigenvalue weighted by Crippen LogP contribution is -2.34. The van der Waals surface area contributed by atoms with E-state index in [4.69, 9.17) is 5.11 Å². The Balaban J connectivity index is 1.99. The molecule has 26 heavy (non-hydrogen) atoms. The Morgan fingerprint density at radius 1 is 1.12 bits per heavy atom. The first-order chi connectivity index (χ1) is 12.3. The van der Waals surface area contributed by atoms with Crippen LogP contribution in [-0.4, -0.2) is 39.5 Å². The van der Waals surface area contributed by atoms with Crippen LogP contribution in [0.15, 0.2) is 54.5 Å². The van der Waals surface area contributed by atoms with Crippen LogP contribution < -0.4 is 5.32 Å². The van der Waals surface area contributed by atoms with E-state index in [1.165, 1.54) is 6.07 Å². The highest BCUT2D eigenvalue weighted by Crippen LogP contribution is 2.34. The number of aliphatic hydroxyl groups is 1. The number of β-amino-alcohol motifs (C(OH)–C–C–N with tert-alkyl or cyclic N) is 1. The van der Waals surface area contributed by atoms with Crippen LogP contribution in [0.4, 0.5) is 18.9 Å². The van der Waals surface area contributed by atoms with Crippen molar-refractivity contribution in [3.05, 3.63) is 60.1 Å². The van der Waals surface area contributed by atoms with Crippen molar-refractivity contribution in [2.75, 3.05) is 18.5 Å². The number of hydrogen-bond acceptors (Lipinski definition) is 4. The molecule has 2 N–H and O–H groups in total. The Hall–Kier alpha value is -3.07. The molecule has 0 saturated heterocycles. The number of anilines is 1. The van der Waals surface area contributed by atoms with Gasteiger partial charge in [-0.2, -0.15) is 13.2 Å². The Morgan fingerprint density at radius 2 is 1.81 bits per heavy atom. The number of rotatable bonds is 5. The molecule has 136 valence electrons. The standard InChI is InChI=1S/C17H14F3N3O3/c18-17(19,20)11-3-4-14(22-5-1-2-6-22)12(9-11)21-13-10-15(25)23(7-8-24)16(13)26/h1-6,9-10,21,24H,7-8H2. The second kappa shape index (κ2) is 6.68. The summed E-state index contributed by atoms with van der Waals surface area (Å²) >= 11 is 0. The lowest BCUT2D eigenvalue weighted by molar-refractivity contribution is -0.138. The number of halogens is 3. The number of benzene rings is 1. The third-order valence-corrected chi connectivity index (χ3v) is 3.81. The summed E-state index contributed by atoms with van der Waals surface area (Å²) in [6.07, 6.45) is -0.278. The van der Waals surface area contributed by atoms with E-state index < -0.39 is 30.2 Å². The Kier molecular flexibility index (Phi) is 4.56. The molecule has 0 saturated carbocycles. The molecule has 3 rings (SSSR count). The average Bonchev–Trinajstić information content (AvgIpc) is 3.19. The highest BCUT2D eigenvalue weighted by atomic mass is 19.4. The molecule has 1 aliphatic heterocycles. The summed E-state index contributed by atoms with van der Waals surface area (Å²) in [4.78, 5) is 24.8. The van der Waals surface area contributed by atoms with E-state index >= 15 is 0 Å². The Labute approximate surface area is 146 Å². The zero-order valence-corrected chi connectivity index (χ0v) is 13.3. The van der Waals surface area contributed by atoms with Gasteiger partial charge in [-0.3, -0.25) is 14.5 Å². The van der Waals surface area contributed by atoms with Crippen LogP contribution in [-0.2, 0) is 15.8 Å². The molecular weight excluding hydrogens is 351 g/mol. The van der Waals surface area contributed by atoms with Crippen LogP contribution in [0.2, 0.25) is 0 Å². The van der Waals surface area contributed by atoms with Crippen LogP contribution in [0.5, 0.6) is 0 Å². The molecule has 0 atom stereocenters. The Morgan fingerprint density at radius 3 is 2.42 bits per heavy atom. The largest absolute Gasteiger partial charge is 0.416 e. The second-order valence-electron chi connectivity index (χ2n) is 5.52. The van der Waals surface area contributed by atoms with Crippen molar-refractivity contribution in [3.63, 3.8) is 0 Å². The summed E-state index contributed by atoms with van der Waals surface area (Å²) in [7, 11) is 0. The fourth-order valence-corrected chi connectivity index (χ4v) is 2.59. The lowest BCUT2D eigenvalue weighted by atomic mass is 10.1. The topological polar surface area (TPSA) is 74.6 Å². The molecule has 1 aliphatic rings. The normalized spacial score (nSPS) is 14.8. The summed E-state index contributed by atoms with van der Waals surface area (Å²) in [6, 6.07) is 6.50. The molecule has 0 unspecified atom stereocenters. The van der Waals surface area contributed by atoms with Gasteiger partial charge < -0.3 is 15.0 Å². The van der Waals surface area contributed by atoms with E-state index in [0.29, 0.717) is 5.69 Å². The minimum Gasteiger partial charge on any atom is -0.395 e. The molecule has 1 aromatic carbocycles. The van der Waals surface area contributed by atoms with Crippen LogP contribution in [0, 0.1) is 0 Å². The van der Waals surface area contributed by atoms with Gasteiger partial charge in [0.15, 0.2) is 0 Å². The number of aromatic nitrogens is 1. The van der Waals surface area contributed by atoms with Gasteiger partial charge in [-0.15, -0.1) is 0 Å². The molecule has 0 aliphatic carbocycles. The van der Waals surface area contributed by atoms with Crippen molar-refractivity contribution in [2.45, 2.75) is 6.18 Å². The SMILES string of the molecule is O=C1C=C(Nc2cc(C(F)(F)F)ccc2-n2cccc2)C(=O)N1CCO. The third-order valence-electron chi connectivity index (χ3n) is 3.81. The average molecular weight is 365 g/mol. The van der Waals surface area contributed by atoms with Gasteiger partial charge in [0.25, 0.3) is 11.8 Å². The molecule has 0 fully saturated rings. The number of aliphatic hydroxyl groups excluding tert-OH is 1.